The molecule has 2 N–H and O–H groups in total. The van der Waals surface area contributed by atoms with E-state index in [0.29, 0.717) is 0 Å². The van der Waals surface area contributed by atoms with E-state index in [4.69, 9.17) is 5.11 Å². The molecule has 0 aliphatic rings. The lowest BCUT2D eigenvalue weighted by atomic mass is 10.1. The molecule has 0 bridgehead atoms. The van der Waals surface area contributed by atoms with E-state index in [1.165, 1.54) is 12.8 Å². The molecule has 0 fully saturated rings. The van der Waals surface area contributed by atoms with Crippen LogP contribution in [-0.4, -0.2) is 23.0 Å². The van der Waals surface area contributed by atoms with Crippen molar-refractivity contribution in [3.05, 3.63) is 0 Å². The molecule has 0 heterocycles. The highest BCUT2D eigenvalue weighted by atomic mass is 16.4. The highest BCUT2D eigenvalue weighted by molar-refractivity contribution is 6.31. The molecule has 0 aromatic heterocycles. The van der Waals surface area contributed by atoms with Crippen molar-refractivity contribution in [3.63, 3.8) is 0 Å². The fourth-order valence-electron chi connectivity index (χ4n) is 1.23. The number of carbonyl (C=O) groups excluding carboxylic acids is 1. The Kier molecular flexibility index (Phi) is 6.80. The van der Waals surface area contributed by atoms with Gasteiger partial charge in [-0.1, -0.05) is 32.6 Å². The SMILES string of the molecule is CCCCCCC(C)NC(=O)C(=O)O. The standard InChI is InChI=1S/C10H19NO3/c1-3-4-5-6-7-8(2)11-9(12)10(13)14/h8H,3-7H2,1-2H3,(H,11,12)(H,13,14). The summed E-state index contributed by atoms with van der Waals surface area (Å²) in [6.07, 6.45) is 5.40. The molecule has 0 spiro atoms. The van der Waals surface area contributed by atoms with E-state index < -0.39 is 11.9 Å². The second-order valence-corrected chi connectivity index (χ2v) is 3.53. The maximum Gasteiger partial charge on any atom is 0.394 e. The fourth-order valence-corrected chi connectivity index (χ4v) is 1.23. The zero-order chi connectivity index (χ0) is 11.0. The Hall–Kier alpha value is -1.06. The van der Waals surface area contributed by atoms with Crippen molar-refractivity contribution in [1.29, 1.82) is 0 Å². The molecular formula is C10H19NO3. The Morgan fingerprint density at radius 3 is 2.43 bits per heavy atom. The van der Waals surface area contributed by atoms with Crippen LogP contribution in [0.2, 0.25) is 0 Å². The first kappa shape index (κ1) is 12.9. The summed E-state index contributed by atoms with van der Waals surface area (Å²) >= 11 is 0. The molecule has 4 heteroatoms. The highest BCUT2D eigenvalue weighted by Gasteiger charge is 2.13. The number of rotatable bonds is 6. The first-order chi connectivity index (χ1) is 6.57. The largest absolute Gasteiger partial charge is 0.474 e. The quantitative estimate of drug-likeness (QED) is 0.506. The summed E-state index contributed by atoms with van der Waals surface area (Å²) in [5.74, 6) is -2.32. The van der Waals surface area contributed by atoms with Gasteiger partial charge in [-0.25, -0.2) is 4.79 Å². The summed E-state index contributed by atoms with van der Waals surface area (Å²) in [7, 11) is 0. The van der Waals surface area contributed by atoms with Crippen molar-refractivity contribution in [1.82, 2.24) is 5.32 Å². The number of hydrogen-bond acceptors (Lipinski definition) is 2. The Morgan fingerprint density at radius 1 is 1.29 bits per heavy atom. The number of hydrogen-bond donors (Lipinski definition) is 2. The smallest absolute Gasteiger partial charge is 0.394 e. The van der Waals surface area contributed by atoms with E-state index in [1.807, 2.05) is 6.92 Å². The van der Waals surface area contributed by atoms with E-state index >= 15 is 0 Å². The number of unbranched alkanes of at least 4 members (excludes halogenated alkanes) is 3. The number of aliphatic carboxylic acids is 1. The lowest BCUT2D eigenvalue weighted by Crippen LogP contribution is -2.37. The summed E-state index contributed by atoms with van der Waals surface area (Å²) < 4.78 is 0. The van der Waals surface area contributed by atoms with Gasteiger partial charge in [0.25, 0.3) is 0 Å². The van der Waals surface area contributed by atoms with Crippen LogP contribution in [0, 0.1) is 0 Å². The zero-order valence-electron chi connectivity index (χ0n) is 8.88. The van der Waals surface area contributed by atoms with Crippen molar-refractivity contribution in [2.45, 2.75) is 52.0 Å². The highest BCUT2D eigenvalue weighted by Crippen LogP contribution is 2.04. The Morgan fingerprint density at radius 2 is 1.93 bits per heavy atom. The van der Waals surface area contributed by atoms with Gasteiger partial charge in [0.1, 0.15) is 0 Å². The van der Waals surface area contributed by atoms with E-state index in [-0.39, 0.29) is 6.04 Å². The minimum Gasteiger partial charge on any atom is -0.474 e. The van der Waals surface area contributed by atoms with Crippen LogP contribution in [0.5, 0.6) is 0 Å². The van der Waals surface area contributed by atoms with Crippen LogP contribution in [0.1, 0.15) is 46.0 Å². The summed E-state index contributed by atoms with van der Waals surface area (Å²) in [5.41, 5.74) is 0. The monoisotopic (exact) mass is 201 g/mol. The van der Waals surface area contributed by atoms with Crippen molar-refractivity contribution in [3.8, 4) is 0 Å². The van der Waals surface area contributed by atoms with Gasteiger partial charge in [0.05, 0.1) is 0 Å². The van der Waals surface area contributed by atoms with Crippen LogP contribution in [0.3, 0.4) is 0 Å². The maximum atomic E-state index is 10.7. The molecule has 0 rings (SSSR count). The molecule has 0 radical (unpaired) electrons. The Bertz CT molecular complexity index is 192. The third-order valence-electron chi connectivity index (χ3n) is 2.06. The number of carbonyl (C=O) groups is 2. The third kappa shape index (κ3) is 6.46. The van der Waals surface area contributed by atoms with Gasteiger partial charge in [0.15, 0.2) is 0 Å². The minimum atomic E-state index is -1.41. The maximum absolute atomic E-state index is 10.7. The molecule has 4 nitrogen and oxygen atoms in total. The number of carboxylic acid groups (broad SMARTS) is 1. The van der Waals surface area contributed by atoms with E-state index in [2.05, 4.69) is 12.2 Å². The molecule has 82 valence electrons. The lowest BCUT2D eigenvalue weighted by Gasteiger charge is -2.11. The van der Waals surface area contributed by atoms with E-state index in [9.17, 15) is 9.59 Å². The van der Waals surface area contributed by atoms with Crippen LogP contribution in [0.25, 0.3) is 0 Å². The fraction of sp³-hybridized carbons (Fsp3) is 0.800. The number of nitrogens with one attached hydrogen (secondary N) is 1. The predicted octanol–water partition coefficient (Wildman–Crippen LogP) is 1.55. The topological polar surface area (TPSA) is 66.4 Å². The molecule has 0 aromatic carbocycles. The summed E-state index contributed by atoms with van der Waals surface area (Å²) in [4.78, 5) is 20.9. The molecule has 1 amide bonds. The third-order valence-corrected chi connectivity index (χ3v) is 2.06. The summed E-state index contributed by atoms with van der Waals surface area (Å²) in [6, 6.07) is -0.0459. The van der Waals surface area contributed by atoms with Crippen molar-refractivity contribution in [2.24, 2.45) is 0 Å². The van der Waals surface area contributed by atoms with Crippen LogP contribution in [0.15, 0.2) is 0 Å². The normalized spacial score (nSPS) is 12.1. The van der Waals surface area contributed by atoms with Crippen LogP contribution in [0.4, 0.5) is 0 Å². The molecule has 1 unspecified atom stereocenters. The Labute approximate surface area is 84.7 Å². The van der Waals surface area contributed by atoms with Crippen LogP contribution < -0.4 is 5.32 Å². The predicted molar refractivity (Wildman–Crippen MR) is 54.0 cm³/mol. The van der Waals surface area contributed by atoms with Gasteiger partial charge in [-0.3, -0.25) is 4.79 Å². The Balaban J connectivity index is 3.50. The van der Waals surface area contributed by atoms with Crippen molar-refractivity contribution < 1.29 is 14.7 Å². The minimum absolute atomic E-state index is 0.0459. The van der Waals surface area contributed by atoms with Gasteiger partial charge < -0.3 is 10.4 Å². The van der Waals surface area contributed by atoms with Crippen molar-refractivity contribution >= 4 is 11.9 Å². The molecule has 1 atom stereocenters. The summed E-state index contributed by atoms with van der Waals surface area (Å²) in [5, 5.41) is 10.7. The molecular weight excluding hydrogens is 182 g/mol. The van der Waals surface area contributed by atoms with Gasteiger partial charge in [0.2, 0.25) is 0 Å². The number of carboxylic acids is 1. The molecule has 0 aliphatic heterocycles. The zero-order valence-corrected chi connectivity index (χ0v) is 8.88. The van der Waals surface area contributed by atoms with Gasteiger partial charge in [-0.2, -0.15) is 0 Å². The lowest BCUT2D eigenvalue weighted by molar-refractivity contribution is -0.150. The van der Waals surface area contributed by atoms with Crippen molar-refractivity contribution in [2.75, 3.05) is 0 Å². The van der Waals surface area contributed by atoms with Crippen LogP contribution in [-0.2, 0) is 9.59 Å². The van der Waals surface area contributed by atoms with Crippen LogP contribution >= 0.6 is 0 Å². The van der Waals surface area contributed by atoms with E-state index in [1.54, 1.807) is 0 Å². The van der Waals surface area contributed by atoms with Gasteiger partial charge in [-0.05, 0) is 13.3 Å². The van der Waals surface area contributed by atoms with Gasteiger partial charge >= 0.3 is 11.9 Å². The molecule has 14 heavy (non-hydrogen) atoms. The molecule has 0 aliphatic carbocycles. The molecule has 0 saturated carbocycles. The first-order valence-corrected chi connectivity index (χ1v) is 5.11. The first-order valence-electron chi connectivity index (χ1n) is 5.11. The second kappa shape index (κ2) is 7.35. The van der Waals surface area contributed by atoms with Gasteiger partial charge in [0, 0.05) is 6.04 Å². The average molecular weight is 201 g/mol. The average Bonchev–Trinajstić information content (AvgIpc) is 2.12. The molecule has 0 saturated heterocycles. The summed E-state index contributed by atoms with van der Waals surface area (Å²) in [6.45, 7) is 3.96. The van der Waals surface area contributed by atoms with E-state index in [0.717, 1.165) is 19.3 Å². The van der Waals surface area contributed by atoms with Gasteiger partial charge in [-0.15, -0.1) is 0 Å². The second-order valence-electron chi connectivity index (χ2n) is 3.53. The molecule has 0 aromatic rings. The number of amides is 1.